The first-order valence-electron chi connectivity index (χ1n) is 8.80. The van der Waals surface area contributed by atoms with Crippen LogP contribution in [0.2, 0.25) is 0 Å². The number of carbonyl (C=O) groups excluding carboxylic acids is 1. The molecule has 3 aromatic rings. The normalized spacial score (nSPS) is 10.9. The van der Waals surface area contributed by atoms with Gasteiger partial charge in [-0.15, -0.1) is 0 Å². The Balaban J connectivity index is 2.11. The molecule has 0 aliphatic rings. The lowest BCUT2D eigenvalue weighted by molar-refractivity contribution is -0.0494. The van der Waals surface area contributed by atoms with E-state index >= 15 is 0 Å². The predicted molar refractivity (Wildman–Crippen MR) is 101 cm³/mol. The molecule has 2 aromatic carbocycles. The molecule has 0 fully saturated rings. The highest BCUT2D eigenvalue weighted by atomic mass is 19.3. The Kier molecular flexibility index (Phi) is 5.73. The largest absolute Gasteiger partial charge is 0.462 e. The van der Waals surface area contributed by atoms with Crippen LogP contribution in [0.5, 0.6) is 5.75 Å². The molecule has 1 aromatic heterocycles. The van der Waals surface area contributed by atoms with E-state index in [-0.39, 0.29) is 12.4 Å². The van der Waals surface area contributed by atoms with E-state index in [0.29, 0.717) is 28.2 Å². The van der Waals surface area contributed by atoms with Crippen LogP contribution < -0.4 is 4.74 Å². The number of hydrogen-bond acceptors (Lipinski definition) is 4. The topological polar surface area (TPSA) is 53.3 Å². The summed E-state index contributed by atoms with van der Waals surface area (Å²) in [5, 5.41) is 4.44. The Hall–Kier alpha value is -3.22. The maximum absolute atomic E-state index is 12.8. The number of ether oxygens (including phenoxy) is 2. The van der Waals surface area contributed by atoms with Gasteiger partial charge >= 0.3 is 12.6 Å². The van der Waals surface area contributed by atoms with Crippen LogP contribution in [0, 0.1) is 13.8 Å². The van der Waals surface area contributed by atoms with Crippen molar-refractivity contribution in [2.75, 3.05) is 6.61 Å². The van der Waals surface area contributed by atoms with E-state index in [1.807, 2.05) is 30.3 Å². The molecule has 0 N–H and O–H groups in total. The Morgan fingerprint density at radius 1 is 1.14 bits per heavy atom. The zero-order chi connectivity index (χ0) is 20.3. The van der Waals surface area contributed by atoms with Gasteiger partial charge in [0.1, 0.15) is 11.3 Å². The fraction of sp³-hybridized carbons (Fsp3) is 0.238. The van der Waals surface area contributed by atoms with Gasteiger partial charge in [-0.25, -0.2) is 9.48 Å². The summed E-state index contributed by atoms with van der Waals surface area (Å²) in [5.74, 6) is -0.373. The second-order valence-corrected chi connectivity index (χ2v) is 6.10. The zero-order valence-corrected chi connectivity index (χ0v) is 15.8. The molecule has 0 amide bonds. The molecular formula is C21H20F2N2O3. The van der Waals surface area contributed by atoms with E-state index in [9.17, 15) is 13.6 Å². The number of carbonyl (C=O) groups is 1. The number of nitrogens with zero attached hydrogens (tertiary/aromatic N) is 2. The van der Waals surface area contributed by atoms with Gasteiger partial charge in [0.25, 0.3) is 0 Å². The van der Waals surface area contributed by atoms with Gasteiger partial charge in [-0.2, -0.15) is 13.9 Å². The molecule has 0 radical (unpaired) electrons. The van der Waals surface area contributed by atoms with Crippen LogP contribution in [-0.2, 0) is 4.74 Å². The Bertz CT molecular complexity index is 985. The number of esters is 1. The third kappa shape index (κ3) is 3.88. The van der Waals surface area contributed by atoms with Gasteiger partial charge in [0.15, 0.2) is 0 Å². The standard InChI is InChI=1S/C21H20F2N2O3/c1-4-27-20(26)19-13(2)24-25(14(19)3)16-10-11-18(28-21(22)23)17(12-16)15-8-6-5-7-9-15/h5-12,21H,4H2,1-3H3. The van der Waals surface area contributed by atoms with Gasteiger partial charge in [0.05, 0.1) is 23.7 Å². The van der Waals surface area contributed by atoms with Crippen molar-refractivity contribution in [3.05, 3.63) is 65.5 Å². The van der Waals surface area contributed by atoms with Crippen molar-refractivity contribution in [2.45, 2.75) is 27.4 Å². The Labute approximate surface area is 161 Å². The molecule has 0 bridgehead atoms. The van der Waals surface area contributed by atoms with Gasteiger partial charge < -0.3 is 9.47 Å². The molecule has 5 nitrogen and oxygen atoms in total. The fourth-order valence-electron chi connectivity index (χ4n) is 3.08. The highest BCUT2D eigenvalue weighted by molar-refractivity contribution is 5.92. The smallest absolute Gasteiger partial charge is 0.387 e. The number of aryl methyl sites for hydroxylation is 1. The highest BCUT2D eigenvalue weighted by Gasteiger charge is 2.21. The molecule has 0 spiro atoms. The first kappa shape index (κ1) is 19.5. The average molecular weight is 386 g/mol. The SMILES string of the molecule is CCOC(=O)c1c(C)nn(-c2ccc(OC(F)F)c(-c3ccccc3)c2)c1C. The number of hydrogen-bond donors (Lipinski definition) is 0. The maximum atomic E-state index is 12.8. The number of rotatable bonds is 6. The fourth-order valence-corrected chi connectivity index (χ4v) is 3.08. The summed E-state index contributed by atoms with van der Waals surface area (Å²) in [5.41, 5.74) is 3.39. The van der Waals surface area contributed by atoms with Gasteiger partial charge in [0.2, 0.25) is 0 Å². The second kappa shape index (κ2) is 8.21. The summed E-state index contributed by atoms with van der Waals surface area (Å²) >= 11 is 0. The van der Waals surface area contributed by atoms with Gasteiger partial charge in [-0.1, -0.05) is 30.3 Å². The minimum Gasteiger partial charge on any atom is -0.462 e. The Morgan fingerprint density at radius 3 is 2.50 bits per heavy atom. The van der Waals surface area contributed by atoms with Crippen molar-refractivity contribution in [3.8, 4) is 22.6 Å². The van der Waals surface area contributed by atoms with Crippen LogP contribution in [0.1, 0.15) is 28.7 Å². The quantitative estimate of drug-likeness (QED) is 0.564. The molecule has 0 atom stereocenters. The summed E-state index contributed by atoms with van der Waals surface area (Å²) in [7, 11) is 0. The molecule has 7 heteroatoms. The van der Waals surface area contributed by atoms with Crippen LogP contribution in [0.3, 0.4) is 0 Å². The lowest BCUT2D eigenvalue weighted by Crippen LogP contribution is -2.08. The third-order valence-electron chi connectivity index (χ3n) is 4.28. The average Bonchev–Trinajstić information content (AvgIpc) is 2.97. The Morgan fingerprint density at radius 2 is 1.86 bits per heavy atom. The lowest BCUT2D eigenvalue weighted by Gasteiger charge is -2.14. The molecular weight excluding hydrogens is 366 g/mol. The van der Waals surface area contributed by atoms with E-state index in [1.54, 1.807) is 37.6 Å². The van der Waals surface area contributed by atoms with Crippen molar-refractivity contribution in [1.29, 1.82) is 0 Å². The molecule has 0 unspecified atom stereocenters. The minimum absolute atomic E-state index is 0.0668. The van der Waals surface area contributed by atoms with Crippen molar-refractivity contribution in [3.63, 3.8) is 0 Å². The summed E-state index contributed by atoms with van der Waals surface area (Å²) in [6.07, 6.45) is 0. The summed E-state index contributed by atoms with van der Waals surface area (Å²) in [6.45, 7) is 2.55. The second-order valence-electron chi connectivity index (χ2n) is 6.10. The van der Waals surface area contributed by atoms with Gasteiger partial charge in [-0.05, 0) is 44.5 Å². The van der Waals surface area contributed by atoms with E-state index in [1.165, 1.54) is 6.07 Å². The molecule has 0 aliphatic carbocycles. The summed E-state index contributed by atoms with van der Waals surface area (Å²) in [4.78, 5) is 12.2. The van der Waals surface area contributed by atoms with Crippen LogP contribution in [0.15, 0.2) is 48.5 Å². The van der Waals surface area contributed by atoms with Gasteiger partial charge in [-0.3, -0.25) is 0 Å². The summed E-state index contributed by atoms with van der Waals surface area (Å²) < 4.78 is 37.0. The van der Waals surface area contributed by atoms with Crippen LogP contribution in [0.25, 0.3) is 16.8 Å². The molecule has 28 heavy (non-hydrogen) atoms. The first-order chi connectivity index (χ1) is 13.4. The first-order valence-corrected chi connectivity index (χ1v) is 8.80. The molecule has 0 saturated heterocycles. The van der Waals surface area contributed by atoms with Crippen LogP contribution in [-0.4, -0.2) is 29.0 Å². The predicted octanol–water partition coefficient (Wildman–Crippen LogP) is 4.93. The highest BCUT2D eigenvalue weighted by Crippen LogP contribution is 2.33. The number of aromatic nitrogens is 2. The van der Waals surface area contributed by atoms with E-state index in [4.69, 9.17) is 4.74 Å². The lowest BCUT2D eigenvalue weighted by atomic mass is 10.0. The van der Waals surface area contributed by atoms with Crippen LogP contribution >= 0.6 is 0 Å². The maximum Gasteiger partial charge on any atom is 0.387 e. The molecule has 146 valence electrons. The molecule has 0 saturated carbocycles. The van der Waals surface area contributed by atoms with E-state index < -0.39 is 12.6 Å². The number of benzene rings is 2. The van der Waals surface area contributed by atoms with Crippen LogP contribution in [0.4, 0.5) is 8.78 Å². The zero-order valence-electron chi connectivity index (χ0n) is 15.8. The monoisotopic (exact) mass is 386 g/mol. The van der Waals surface area contributed by atoms with Gasteiger partial charge in [0, 0.05) is 5.56 Å². The van der Waals surface area contributed by atoms with E-state index in [2.05, 4.69) is 9.84 Å². The van der Waals surface area contributed by atoms with Crippen molar-refractivity contribution in [2.24, 2.45) is 0 Å². The molecule has 1 heterocycles. The van der Waals surface area contributed by atoms with Crippen molar-refractivity contribution >= 4 is 5.97 Å². The number of alkyl halides is 2. The molecule has 3 rings (SSSR count). The molecule has 0 aliphatic heterocycles. The number of halogens is 2. The third-order valence-corrected chi connectivity index (χ3v) is 4.28. The summed E-state index contributed by atoms with van der Waals surface area (Å²) in [6, 6.07) is 13.9. The van der Waals surface area contributed by atoms with Crippen molar-refractivity contribution in [1.82, 2.24) is 9.78 Å². The van der Waals surface area contributed by atoms with Crippen molar-refractivity contribution < 1.29 is 23.0 Å². The van der Waals surface area contributed by atoms with E-state index in [0.717, 1.165) is 5.56 Å². The minimum atomic E-state index is -2.93.